The van der Waals surface area contributed by atoms with E-state index >= 15 is 0 Å². The predicted octanol–water partition coefficient (Wildman–Crippen LogP) is 3.12. The van der Waals surface area contributed by atoms with Crippen LogP contribution in [-0.4, -0.2) is 29.3 Å². The third kappa shape index (κ3) is 4.68. The average Bonchev–Trinajstić information content (AvgIpc) is 3.35. The number of aromatic nitrogens is 2. The number of methoxy groups -OCH3 is 2. The molecule has 0 aliphatic carbocycles. The summed E-state index contributed by atoms with van der Waals surface area (Å²) in [4.78, 5) is 40.2. The van der Waals surface area contributed by atoms with Crippen LogP contribution in [0.25, 0.3) is 10.9 Å². The van der Waals surface area contributed by atoms with Gasteiger partial charge in [0.25, 0.3) is 5.56 Å². The fourth-order valence-electron chi connectivity index (χ4n) is 3.63. The van der Waals surface area contributed by atoms with Crippen LogP contribution < -0.4 is 26.0 Å². The van der Waals surface area contributed by atoms with Crippen molar-refractivity contribution in [3.63, 3.8) is 0 Å². The molecule has 2 aromatic heterocycles. The maximum absolute atomic E-state index is 13.3. The van der Waals surface area contributed by atoms with Crippen LogP contribution in [0.5, 0.6) is 11.5 Å². The fraction of sp³-hybridized carbons (Fsp3) is 0.208. The highest BCUT2D eigenvalue weighted by atomic mass is 32.1. The lowest BCUT2D eigenvalue weighted by atomic mass is 10.2. The van der Waals surface area contributed by atoms with Gasteiger partial charge in [-0.2, -0.15) is 0 Å². The summed E-state index contributed by atoms with van der Waals surface area (Å²) in [5.41, 5.74) is -0.0175. The van der Waals surface area contributed by atoms with E-state index in [1.54, 1.807) is 53.8 Å². The number of hydrogen-bond donors (Lipinski definition) is 1. The van der Waals surface area contributed by atoms with E-state index in [9.17, 15) is 14.4 Å². The second-order valence-electron chi connectivity index (χ2n) is 7.29. The van der Waals surface area contributed by atoms with Gasteiger partial charge in [0.1, 0.15) is 18.0 Å². The van der Waals surface area contributed by atoms with Crippen LogP contribution in [0.3, 0.4) is 0 Å². The van der Waals surface area contributed by atoms with Gasteiger partial charge in [0.15, 0.2) is 0 Å². The molecular weight excluding hydrogens is 442 g/mol. The van der Waals surface area contributed by atoms with Crippen LogP contribution in [0.4, 0.5) is 5.69 Å². The number of nitrogens with one attached hydrogen (secondary N) is 1. The van der Waals surface area contributed by atoms with E-state index in [1.165, 1.54) is 23.4 Å². The Morgan fingerprint density at radius 2 is 1.82 bits per heavy atom. The second kappa shape index (κ2) is 9.74. The molecule has 8 nitrogen and oxygen atoms in total. The summed E-state index contributed by atoms with van der Waals surface area (Å²) >= 11 is 1.57. The Morgan fingerprint density at radius 1 is 1.00 bits per heavy atom. The third-order valence-electron chi connectivity index (χ3n) is 5.28. The number of rotatable bonds is 8. The Bertz CT molecular complexity index is 1410. The third-order valence-corrected chi connectivity index (χ3v) is 6.21. The van der Waals surface area contributed by atoms with Gasteiger partial charge in [0.05, 0.1) is 30.8 Å². The van der Waals surface area contributed by atoms with Crippen LogP contribution in [0.1, 0.15) is 4.88 Å². The molecule has 0 radical (unpaired) electrons. The van der Waals surface area contributed by atoms with Gasteiger partial charge < -0.3 is 14.8 Å². The maximum atomic E-state index is 13.3. The van der Waals surface area contributed by atoms with Crippen LogP contribution in [0, 0.1) is 0 Å². The molecule has 2 aromatic carbocycles. The summed E-state index contributed by atoms with van der Waals surface area (Å²) in [6.45, 7) is -0.0231. The molecule has 0 aliphatic rings. The van der Waals surface area contributed by atoms with Crippen molar-refractivity contribution < 1.29 is 14.3 Å². The van der Waals surface area contributed by atoms with Crippen molar-refractivity contribution in [2.45, 2.75) is 19.5 Å². The average molecular weight is 466 g/mol. The minimum absolute atomic E-state index is 0.233. The summed E-state index contributed by atoms with van der Waals surface area (Å²) in [6, 6.07) is 15.7. The zero-order valence-corrected chi connectivity index (χ0v) is 19.1. The van der Waals surface area contributed by atoms with E-state index in [4.69, 9.17) is 9.47 Å². The Hall–Kier alpha value is -3.85. The summed E-state index contributed by atoms with van der Waals surface area (Å²) in [6.07, 6.45) is 0.556. The topological polar surface area (TPSA) is 91.6 Å². The zero-order valence-electron chi connectivity index (χ0n) is 18.2. The maximum Gasteiger partial charge on any atom is 0.331 e. The normalized spacial score (nSPS) is 10.8. The minimum Gasteiger partial charge on any atom is -0.497 e. The van der Waals surface area contributed by atoms with E-state index in [2.05, 4.69) is 5.32 Å². The summed E-state index contributed by atoms with van der Waals surface area (Å²) < 4.78 is 13.0. The SMILES string of the molecule is COc1ccc(NC(=O)Cn2c(=O)n(CCc3cccs3)c(=O)c3ccccc32)c(OC)c1. The molecule has 0 atom stereocenters. The molecule has 170 valence electrons. The molecule has 33 heavy (non-hydrogen) atoms. The number of fused-ring (bicyclic) bond motifs is 1. The molecular formula is C24H23N3O5S. The number of thiophene rings is 1. The number of nitrogens with zero attached hydrogens (tertiary/aromatic N) is 2. The van der Waals surface area contributed by atoms with Gasteiger partial charge in [0.2, 0.25) is 5.91 Å². The second-order valence-corrected chi connectivity index (χ2v) is 8.32. The van der Waals surface area contributed by atoms with Crippen molar-refractivity contribution in [2.24, 2.45) is 0 Å². The first-order valence-corrected chi connectivity index (χ1v) is 11.2. The van der Waals surface area contributed by atoms with Crippen LogP contribution in [-0.2, 0) is 24.3 Å². The van der Waals surface area contributed by atoms with Gasteiger partial charge in [-0.15, -0.1) is 11.3 Å². The van der Waals surface area contributed by atoms with Gasteiger partial charge in [-0.3, -0.25) is 18.7 Å². The molecule has 0 fully saturated rings. The number of benzene rings is 2. The van der Waals surface area contributed by atoms with Crippen molar-refractivity contribution in [1.29, 1.82) is 0 Å². The summed E-state index contributed by atoms with van der Waals surface area (Å²) in [7, 11) is 3.03. The lowest BCUT2D eigenvalue weighted by Crippen LogP contribution is -2.42. The first-order chi connectivity index (χ1) is 16.0. The molecule has 0 aliphatic heterocycles. The van der Waals surface area contributed by atoms with Gasteiger partial charge in [-0.25, -0.2) is 4.79 Å². The summed E-state index contributed by atoms with van der Waals surface area (Å²) in [5, 5.41) is 5.12. The van der Waals surface area contributed by atoms with Gasteiger partial charge >= 0.3 is 5.69 Å². The Kier molecular flexibility index (Phi) is 6.60. The lowest BCUT2D eigenvalue weighted by Gasteiger charge is -2.15. The van der Waals surface area contributed by atoms with Gasteiger partial charge in [0, 0.05) is 17.5 Å². The van der Waals surface area contributed by atoms with Crippen molar-refractivity contribution in [3.8, 4) is 11.5 Å². The first-order valence-electron chi connectivity index (χ1n) is 10.3. The first kappa shape index (κ1) is 22.3. The number of para-hydroxylation sites is 1. The zero-order chi connectivity index (χ0) is 23.4. The molecule has 1 amide bonds. The van der Waals surface area contributed by atoms with Crippen LogP contribution in [0.2, 0.25) is 0 Å². The number of anilines is 1. The standard InChI is InChI=1S/C24H23N3O5S/c1-31-16-9-10-19(21(14-16)32-2)25-22(28)15-27-20-8-4-3-7-18(20)23(29)26(24(27)30)12-11-17-6-5-13-33-17/h3-10,13-14H,11-12,15H2,1-2H3,(H,25,28). The summed E-state index contributed by atoms with van der Waals surface area (Å²) in [5.74, 6) is 0.597. The van der Waals surface area contributed by atoms with Crippen LogP contribution in [0.15, 0.2) is 69.6 Å². The Labute approximate surface area is 193 Å². The predicted molar refractivity (Wildman–Crippen MR) is 129 cm³/mol. The molecule has 4 aromatic rings. The molecule has 0 unspecified atom stereocenters. The molecule has 2 heterocycles. The molecule has 1 N–H and O–H groups in total. The van der Waals surface area contributed by atoms with Crippen molar-refractivity contribution >= 4 is 33.8 Å². The number of ether oxygens (including phenoxy) is 2. The van der Waals surface area contributed by atoms with Crippen molar-refractivity contribution in [2.75, 3.05) is 19.5 Å². The number of carbonyl (C=O) groups excluding carboxylic acids is 1. The highest BCUT2D eigenvalue weighted by Crippen LogP contribution is 2.29. The van der Waals surface area contributed by atoms with E-state index in [0.29, 0.717) is 34.5 Å². The van der Waals surface area contributed by atoms with Gasteiger partial charge in [-0.05, 0) is 42.1 Å². The number of carbonyl (C=O) groups is 1. The number of hydrogen-bond acceptors (Lipinski definition) is 6. The molecule has 4 rings (SSSR count). The van der Waals surface area contributed by atoms with Crippen LogP contribution >= 0.6 is 11.3 Å². The van der Waals surface area contributed by atoms with E-state index < -0.39 is 11.6 Å². The fourth-order valence-corrected chi connectivity index (χ4v) is 4.33. The smallest absolute Gasteiger partial charge is 0.331 e. The van der Waals surface area contributed by atoms with Crippen molar-refractivity contribution in [3.05, 3.63) is 85.7 Å². The largest absolute Gasteiger partial charge is 0.497 e. The minimum atomic E-state index is -0.521. The van der Waals surface area contributed by atoms with E-state index in [1.807, 2.05) is 17.5 Å². The molecule has 0 saturated carbocycles. The monoisotopic (exact) mass is 465 g/mol. The Morgan fingerprint density at radius 3 is 2.55 bits per heavy atom. The quantitative estimate of drug-likeness (QED) is 0.432. The highest BCUT2D eigenvalue weighted by molar-refractivity contribution is 7.09. The highest BCUT2D eigenvalue weighted by Gasteiger charge is 2.16. The molecule has 0 spiro atoms. The van der Waals surface area contributed by atoms with E-state index in [-0.39, 0.29) is 18.6 Å². The van der Waals surface area contributed by atoms with Gasteiger partial charge in [-0.1, -0.05) is 18.2 Å². The van der Waals surface area contributed by atoms with E-state index in [0.717, 1.165) is 4.88 Å². The number of aryl methyl sites for hydroxylation is 1. The van der Waals surface area contributed by atoms with Crippen molar-refractivity contribution in [1.82, 2.24) is 9.13 Å². The molecule has 9 heteroatoms. The lowest BCUT2D eigenvalue weighted by molar-refractivity contribution is -0.116. The molecule has 0 bridgehead atoms. The number of amides is 1. The molecule has 0 saturated heterocycles. The Balaban J connectivity index is 1.67.